The molecular formula is C22H40IN5OS. The van der Waals surface area contributed by atoms with Gasteiger partial charge in [-0.1, -0.05) is 6.07 Å². The molecule has 8 heteroatoms. The Morgan fingerprint density at radius 3 is 2.70 bits per heavy atom. The van der Waals surface area contributed by atoms with Crippen molar-refractivity contribution in [3.8, 4) is 0 Å². The van der Waals surface area contributed by atoms with Crippen molar-refractivity contribution in [1.82, 2.24) is 20.4 Å². The number of piperidine rings is 1. The fraction of sp³-hybridized carbons (Fsp3) is 0.773. The van der Waals surface area contributed by atoms with Crippen LogP contribution in [0.5, 0.6) is 0 Å². The molecule has 0 bridgehead atoms. The van der Waals surface area contributed by atoms with E-state index in [0.29, 0.717) is 12.0 Å². The topological polar surface area (TPSA) is 52.1 Å². The number of aliphatic imine (C=N–C) groups is 1. The zero-order valence-corrected chi connectivity index (χ0v) is 22.2. The van der Waals surface area contributed by atoms with Gasteiger partial charge in [-0.05, 0) is 64.6 Å². The average molecular weight is 550 g/mol. The Bertz CT molecular complexity index is 633. The van der Waals surface area contributed by atoms with Gasteiger partial charge in [0.1, 0.15) is 0 Å². The lowest BCUT2D eigenvalue weighted by molar-refractivity contribution is -0.00684. The number of guanidine groups is 1. The molecule has 0 aliphatic carbocycles. The molecule has 2 N–H and O–H groups in total. The van der Waals surface area contributed by atoms with E-state index in [2.05, 4.69) is 65.8 Å². The molecule has 2 aliphatic rings. The Labute approximate surface area is 203 Å². The second-order valence-corrected chi connectivity index (χ2v) is 9.81. The normalized spacial score (nSPS) is 24.3. The van der Waals surface area contributed by atoms with Crippen LogP contribution in [0.25, 0.3) is 0 Å². The van der Waals surface area contributed by atoms with Crippen LogP contribution >= 0.6 is 35.3 Å². The molecule has 6 nitrogen and oxygen atoms in total. The van der Waals surface area contributed by atoms with Crippen LogP contribution in [0, 0.1) is 5.92 Å². The zero-order chi connectivity index (χ0) is 20.7. The molecule has 0 aromatic carbocycles. The molecule has 0 amide bonds. The molecule has 3 rings (SSSR count). The molecule has 0 radical (unpaired) electrons. The van der Waals surface area contributed by atoms with Crippen LogP contribution in [0.3, 0.4) is 0 Å². The van der Waals surface area contributed by atoms with E-state index in [1.807, 2.05) is 11.3 Å². The molecule has 2 atom stereocenters. The molecule has 2 unspecified atom stereocenters. The van der Waals surface area contributed by atoms with Crippen molar-refractivity contribution in [1.29, 1.82) is 0 Å². The average Bonchev–Trinajstić information content (AvgIpc) is 3.25. The lowest BCUT2D eigenvalue weighted by atomic mass is 9.88. The van der Waals surface area contributed by atoms with Crippen molar-refractivity contribution in [3.63, 3.8) is 0 Å². The van der Waals surface area contributed by atoms with Gasteiger partial charge in [0, 0.05) is 42.6 Å². The van der Waals surface area contributed by atoms with E-state index in [9.17, 15) is 0 Å². The minimum atomic E-state index is 0. The van der Waals surface area contributed by atoms with Crippen molar-refractivity contribution in [2.75, 3.05) is 59.5 Å². The monoisotopic (exact) mass is 549 g/mol. The quantitative estimate of drug-likeness (QED) is 0.310. The Morgan fingerprint density at radius 1 is 1.27 bits per heavy atom. The van der Waals surface area contributed by atoms with Crippen molar-refractivity contribution in [2.24, 2.45) is 10.9 Å². The molecule has 3 heterocycles. The van der Waals surface area contributed by atoms with Crippen LogP contribution in [0.4, 0.5) is 0 Å². The molecule has 2 fully saturated rings. The van der Waals surface area contributed by atoms with Crippen LogP contribution in [0.1, 0.15) is 44.5 Å². The molecule has 2 aliphatic heterocycles. The minimum Gasteiger partial charge on any atom is -0.379 e. The summed E-state index contributed by atoms with van der Waals surface area (Å²) in [6.07, 6.45) is 2.53. The van der Waals surface area contributed by atoms with Crippen molar-refractivity contribution < 1.29 is 4.74 Å². The number of thiophene rings is 1. The molecule has 172 valence electrons. The summed E-state index contributed by atoms with van der Waals surface area (Å²) in [7, 11) is 2.26. The summed E-state index contributed by atoms with van der Waals surface area (Å²) in [6, 6.07) is 4.96. The summed E-state index contributed by atoms with van der Waals surface area (Å²) in [5.41, 5.74) is 0.0384. The highest BCUT2D eigenvalue weighted by Crippen LogP contribution is 2.36. The third-order valence-electron chi connectivity index (χ3n) is 6.21. The number of likely N-dealkylation sites (tertiary alicyclic amines) is 1. The number of rotatable bonds is 7. The van der Waals surface area contributed by atoms with Gasteiger partial charge in [0.05, 0.1) is 19.8 Å². The summed E-state index contributed by atoms with van der Waals surface area (Å²) in [6.45, 7) is 14.1. The van der Waals surface area contributed by atoms with Gasteiger partial charge >= 0.3 is 0 Å². The second kappa shape index (κ2) is 12.6. The smallest absolute Gasteiger partial charge is 0.191 e. The van der Waals surface area contributed by atoms with Gasteiger partial charge in [0.15, 0.2) is 5.96 Å². The molecule has 1 aromatic rings. The number of hydrogen-bond donors (Lipinski definition) is 2. The first-order valence-corrected chi connectivity index (χ1v) is 12.0. The summed E-state index contributed by atoms with van der Waals surface area (Å²) >= 11 is 1.88. The third kappa shape index (κ3) is 7.05. The molecular weight excluding hydrogens is 509 g/mol. The maximum absolute atomic E-state index is 5.51. The van der Waals surface area contributed by atoms with E-state index in [-0.39, 0.29) is 29.5 Å². The minimum absolute atomic E-state index is 0. The number of hydrogen-bond acceptors (Lipinski definition) is 5. The standard InChI is InChI=1S/C22H39N5OS.HI/c1-5-23-21(25-17-22(2,3)27-11-13-28-14-12-27)24-16-18-8-6-10-26(4)20(18)19-9-7-15-29-19;/h7,9,15,18,20H,5-6,8,10-14,16-17H2,1-4H3,(H2,23,24,25);1H. The number of nitrogens with one attached hydrogen (secondary N) is 2. The van der Waals surface area contributed by atoms with Crippen LogP contribution in [0.15, 0.2) is 22.5 Å². The highest BCUT2D eigenvalue weighted by atomic mass is 127. The third-order valence-corrected chi connectivity index (χ3v) is 7.15. The predicted octanol–water partition coefficient (Wildman–Crippen LogP) is 3.41. The molecule has 0 saturated carbocycles. The zero-order valence-electron chi connectivity index (χ0n) is 19.0. The first-order valence-electron chi connectivity index (χ1n) is 11.1. The van der Waals surface area contributed by atoms with E-state index in [0.717, 1.165) is 51.9 Å². The molecule has 30 heavy (non-hydrogen) atoms. The van der Waals surface area contributed by atoms with Gasteiger partial charge < -0.3 is 15.4 Å². The van der Waals surface area contributed by atoms with Gasteiger partial charge in [0.2, 0.25) is 0 Å². The number of halogens is 1. The lowest BCUT2D eigenvalue weighted by Gasteiger charge is -2.40. The van der Waals surface area contributed by atoms with Gasteiger partial charge in [0.25, 0.3) is 0 Å². The summed E-state index contributed by atoms with van der Waals surface area (Å²) in [5.74, 6) is 1.54. The fourth-order valence-electron chi connectivity index (χ4n) is 4.49. The predicted molar refractivity (Wildman–Crippen MR) is 138 cm³/mol. The SMILES string of the molecule is CCNC(=NCC(C)(C)N1CCOCC1)NCC1CCCN(C)C1c1cccs1.I. The summed E-state index contributed by atoms with van der Waals surface area (Å²) < 4.78 is 5.51. The Kier molecular flexibility index (Phi) is 10.8. The van der Waals surface area contributed by atoms with Crippen molar-refractivity contribution >= 4 is 41.3 Å². The Hall–Kier alpha value is -0.420. The van der Waals surface area contributed by atoms with E-state index in [4.69, 9.17) is 9.73 Å². The van der Waals surface area contributed by atoms with Gasteiger partial charge in [-0.3, -0.25) is 14.8 Å². The highest BCUT2D eigenvalue weighted by Gasteiger charge is 2.31. The maximum Gasteiger partial charge on any atom is 0.191 e. The number of morpholine rings is 1. The number of ether oxygens (including phenoxy) is 1. The molecule has 1 aromatic heterocycles. The van der Waals surface area contributed by atoms with Gasteiger partial charge in [-0.15, -0.1) is 35.3 Å². The van der Waals surface area contributed by atoms with Gasteiger partial charge in [-0.2, -0.15) is 0 Å². The first-order chi connectivity index (χ1) is 14.0. The van der Waals surface area contributed by atoms with Crippen LogP contribution in [0.2, 0.25) is 0 Å². The van der Waals surface area contributed by atoms with Crippen molar-refractivity contribution in [3.05, 3.63) is 22.4 Å². The van der Waals surface area contributed by atoms with E-state index < -0.39 is 0 Å². The Balaban J connectivity index is 0.00000320. The lowest BCUT2D eigenvalue weighted by Crippen LogP contribution is -2.52. The number of nitrogens with zero attached hydrogens (tertiary/aromatic N) is 3. The highest BCUT2D eigenvalue weighted by molar-refractivity contribution is 14.0. The second-order valence-electron chi connectivity index (χ2n) is 8.83. The maximum atomic E-state index is 5.51. The van der Waals surface area contributed by atoms with E-state index in [1.165, 1.54) is 24.3 Å². The summed E-state index contributed by atoms with van der Waals surface area (Å²) in [4.78, 5) is 11.4. The van der Waals surface area contributed by atoms with E-state index in [1.54, 1.807) is 0 Å². The van der Waals surface area contributed by atoms with Crippen LogP contribution < -0.4 is 10.6 Å². The van der Waals surface area contributed by atoms with Crippen LogP contribution in [-0.4, -0.2) is 80.8 Å². The Morgan fingerprint density at radius 2 is 2.03 bits per heavy atom. The molecule has 2 saturated heterocycles. The summed E-state index contributed by atoms with van der Waals surface area (Å²) in [5, 5.41) is 9.29. The molecule has 0 spiro atoms. The first kappa shape index (κ1) is 25.8. The largest absolute Gasteiger partial charge is 0.379 e. The van der Waals surface area contributed by atoms with Crippen LogP contribution in [-0.2, 0) is 4.74 Å². The van der Waals surface area contributed by atoms with Crippen molar-refractivity contribution in [2.45, 2.75) is 45.2 Å². The van der Waals surface area contributed by atoms with E-state index >= 15 is 0 Å². The fourth-order valence-corrected chi connectivity index (χ4v) is 5.48. The van der Waals surface area contributed by atoms with Gasteiger partial charge in [-0.25, -0.2) is 0 Å².